The van der Waals surface area contributed by atoms with Crippen LogP contribution in [-0.2, 0) is 4.74 Å². The number of anilines is 2. The van der Waals surface area contributed by atoms with Crippen LogP contribution in [0.25, 0.3) is 0 Å². The maximum Gasteiger partial charge on any atom is 0.123 e. The van der Waals surface area contributed by atoms with Crippen LogP contribution < -0.4 is 10.6 Å². The molecule has 0 saturated carbocycles. The zero-order valence-electron chi connectivity index (χ0n) is 11.9. The van der Waals surface area contributed by atoms with Crippen LogP contribution in [0.2, 0.25) is 0 Å². The normalized spacial score (nSPS) is 17.1. The Hall–Kier alpha value is -1.33. The van der Waals surface area contributed by atoms with Crippen molar-refractivity contribution in [3.63, 3.8) is 0 Å². The van der Waals surface area contributed by atoms with Crippen LogP contribution in [0.1, 0.15) is 13.8 Å². The van der Waals surface area contributed by atoms with Crippen molar-refractivity contribution in [3.8, 4) is 0 Å². The molecule has 1 saturated heterocycles. The van der Waals surface area contributed by atoms with E-state index in [4.69, 9.17) is 10.5 Å². The Morgan fingerprint density at radius 3 is 2.58 bits per heavy atom. The maximum atomic E-state index is 5.61. The summed E-state index contributed by atoms with van der Waals surface area (Å²) in [5.74, 6) is 0.577. The molecule has 2 N–H and O–H groups in total. The molecule has 0 atom stereocenters. The lowest BCUT2D eigenvalue weighted by molar-refractivity contribution is 0.0579. The fourth-order valence-electron chi connectivity index (χ4n) is 2.23. The Bertz CT molecular complexity index is 372. The third-order valence-corrected chi connectivity index (χ3v) is 3.37. The third-order valence-electron chi connectivity index (χ3n) is 3.37. The number of hydrogen-bond acceptors (Lipinski definition) is 5. The van der Waals surface area contributed by atoms with Gasteiger partial charge in [-0.2, -0.15) is 0 Å². The SMILES string of the molecule is CC(C)OCCN1CCN(c2ccc(N)nc2)CC1. The molecule has 0 amide bonds. The van der Waals surface area contributed by atoms with Gasteiger partial charge >= 0.3 is 0 Å². The summed E-state index contributed by atoms with van der Waals surface area (Å²) in [4.78, 5) is 8.95. The first kappa shape index (κ1) is 14.1. The summed E-state index contributed by atoms with van der Waals surface area (Å²) < 4.78 is 5.59. The van der Waals surface area contributed by atoms with E-state index in [1.807, 2.05) is 18.3 Å². The lowest BCUT2D eigenvalue weighted by Gasteiger charge is -2.35. The van der Waals surface area contributed by atoms with Gasteiger partial charge in [-0.1, -0.05) is 0 Å². The second kappa shape index (κ2) is 6.73. The minimum absolute atomic E-state index is 0.321. The Labute approximate surface area is 115 Å². The molecule has 106 valence electrons. The zero-order chi connectivity index (χ0) is 13.7. The van der Waals surface area contributed by atoms with Crippen LogP contribution in [0.15, 0.2) is 18.3 Å². The van der Waals surface area contributed by atoms with Gasteiger partial charge in [-0.05, 0) is 26.0 Å². The van der Waals surface area contributed by atoms with Gasteiger partial charge in [-0.25, -0.2) is 4.98 Å². The average Bonchev–Trinajstić information content (AvgIpc) is 2.40. The first-order valence-corrected chi connectivity index (χ1v) is 6.95. The molecule has 2 heterocycles. The fraction of sp³-hybridized carbons (Fsp3) is 0.643. The van der Waals surface area contributed by atoms with Gasteiger partial charge in [0.2, 0.25) is 0 Å². The largest absolute Gasteiger partial charge is 0.384 e. The number of hydrogen-bond donors (Lipinski definition) is 1. The number of piperazine rings is 1. The molecule has 2 rings (SSSR count). The van der Waals surface area contributed by atoms with E-state index < -0.39 is 0 Å². The van der Waals surface area contributed by atoms with Crippen molar-refractivity contribution >= 4 is 11.5 Å². The van der Waals surface area contributed by atoms with E-state index in [2.05, 4.69) is 28.6 Å². The number of aromatic nitrogens is 1. The molecule has 1 aromatic rings. The molecule has 0 radical (unpaired) electrons. The van der Waals surface area contributed by atoms with Crippen molar-refractivity contribution in [2.45, 2.75) is 20.0 Å². The molecule has 1 aliphatic heterocycles. The summed E-state index contributed by atoms with van der Waals surface area (Å²) in [7, 11) is 0. The Balaban J connectivity index is 1.74. The molecule has 5 nitrogen and oxygen atoms in total. The first-order valence-electron chi connectivity index (χ1n) is 6.95. The Morgan fingerprint density at radius 1 is 1.26 bits per heavy atom. The van der Waals surface area contributed by atoms with E-state index in [1.54, 1.807) is 0 Å². The highest BCUT2D eigenvalue weighted by Crippen LogP contribution is 2.15. The highest BCUT2D eigenvalue weighted by molar-refractivity contribution is 5.48. The number of nitrogens with two attached hydrogens (primary N) is 1. The van der Waals surface area contributed by atoms with Crippen LogP contribution >= 0.6 is 0 Å². The lowest BCUT2D eigenvalue weighted by atomic mass is 10.2. The predicted molar refractivity (Wildman–Crippen MR) is 78.4 cm³/mol. The molecular formula is C14H24N4O. The van der Waals surface area contributed by atoms with E-state index in [-0.39, 0.29) is 0 Å². The average molecular weight is 264 g/mol. The van der Waals surface area contributed by atoms with Gasteiger partial charge in [0.15, 0.2) is 0 Å². The monoisotopic (exact) mass is 264 g/mol. The van der Waals surface area contributed by atoms with E-state index in [0.717, 1.165) is 45.0 Å². The second-order valence-electron chi connectivity index (χ2n) is 5.19. The fourth-order valence-corrected chi connectivity index (χ4v) is 2.23. The van der Waals surface area contributed by atoms with Crippen molar-refractivity contribution in [2.75, 3.05) is 50.0 Å². The van der Waals surface area contributed by atoms with Gasteiger partial charge in [0, 0.05) is 32.7 Å². The predicted octanol–water partition coefficient (Wildman–Crippen LogP) is 1.21. The lowest BCUT2D eigenvalue weighted by Crippen LogP contribution is -2.47. The van der Waals surface area contributed by atoms with Crippen LogP contribution in [0.5, 0.6) is 0 Å². The summed E-state index contributed by atoms with van der Waals surface area (Å²) in [6.07, 6.45) is 2.18. The van der Waals surface area contributed by atoms with Gasteiger partial charge in [0.05, 0.1) is 24.6 Å². The number of rotatable bonds is 5. The molecule has 0 aromatic carbocycles. The Morgan fingerprint density at radius 2 is 2.00 bits per heavy atom. The van der Waals surface area contributed by atoms with Crippen LogP contribution in [0.3, 0.4) is 0 Å². The van der Waals surface area contributed by atoms with Crippen molar-refractivity contribution in [2.24, 2.45) is 0 Å². The van der Waals surface area contributed by atoms with Crippen molar-refractivity contribution in [1.82, 2.24) is 9.88 Å². The molecule has 0 unspecified atom stereocenters. The smallest absolute Gasteiger partial charge is 0.123 e. The van der Waals surface area contributed by atoms with E-state index in [0.29, 0.717) is 11.9 Å². The summed E-state index contributed by atoms with van der Waals surface area (Å²) in [6.45, 7) is 10.2. The third kappa shape index (κ3) is 4.36. The summed E-state index contributed by atoms with van der Waals surface area (Å²) in [6, 6.07) is 3.90. The van der Waals surface area contributed by atoms with Crippen molar-refractivity contribution < 1.29 is 4.74 Å². The summed E-state index contributed by atoms with van der Waals surface area (Å²) in [5.41, 5.74) is 6.77. The molecular weight excluding hydrogens is 240 g/mol. The summed E-state index contributed by atoms with van der Waals surface area (Å²) >= 11 is 0. The first-order chi connectivity index (χ1) is 9.15. The van der Waals surface area contributed by atoms with Gasteiger partial charge in [-0.15, -0.1) is 0 Å². The molecule has 0 bridgehead atoms. The molecule has 1 aliphatic rings. The molecule has 5 heteroatoms. The molecule has 0 aliphatic carbocycles. The van der Waals surface area contributed by atoms with E-state index in [9.17, 15) is 0 Å². The van der Waals surface area contributed by atoms with Crippen LogP contribution in [0.4, 0.5) is 11.5 Å². The number of nitrogens with zero attached hydrogens (tertiary/aromatic N) is 3. The maximum absolute atomic E-state index is 5.61. The van der Waals surface area contributed by atoms with Crippen molar-refractivity contribution in [1.29, 1.82) is 0 Å². The van der Waals surface area contributed by atoms with Crippen LogP contribution in [0, 0.1) is 0 Å². The number of ether oxygens (including phenoxy) is 1. The molecule has 1 aromatic heterocycles. The van der Waals surface area contributed by atoms with E-state index in [1.165, 1.54) is 0 Å². The molecule has 0 spiro atoms. The Kier molecular flexibility index (Phi) is 4.99. The van der Waals surface area contributed by atoms with Gasteiger partial charge in [0.25, 0.3) is 0 Å². The second-order valence-corrected chi connectivity index (χ2v) is 5.19. The van der Waals surface area contributed by atoms with Crippen LogP contribution in [-0.4, -0.2) is 55.3 Å². The minimum atomic E-state index is 0.321. The highest BCUT2D eigenvalue weighted by atomic mass is 16.5. The van der Waals surface area contributed by atoms with E-state index >= 15 is 0 Å². The minimum Gasteiger partial charge on any atom is -0.384 e. The summed E-state index contributed by atoms with van der Waals surface area (Å²) in [5, 5.41) is 0. The van der Waals surface area contributed by atoms with Crippen molar-refractivity contribution in [3.05, 3.63) is 18.3 Å². The van der Waals surface area contributed by atoms with Gasteiger partial charge in [-0.3, -0.25) is 4.90 Å². The highest BCUT2D eigenvalue weighted by Gasteiger charge is 2.17. The number of pyridine rings is 1. The zero-order valence-corrected chi connectivity index (χ0v) is 11.9. The standard InChI is InChI=1S/C14H24N4O/c1-12(2)19-10-9-17-5-7-18(8-6-17)13-3-4-14(15)16-11-13/h3-4,11-12H,5-10H2,1-2H3,(H2,15,16). The quantitative estimate of drug-likeness (QED) is 0.866. The molecule has 19 heavy (non-hydrogen) atoms. The van der Waals surface area contributed by atoms with Gasteiger partial charge < -0.3 is 15.4 Å². The number of nitrogen functional groups attached to an aromatic ring is 1. The van der Waals surface area contributed by atoms with Gasteiger partial charge in [0.1, 0.15) is 5.82 Å². The molecule has 1 fully saturated rings. The topological polar surface area (TPSA) is 54.6 Å².